The lowest BCUT2D eigenvalue weighted by Gasteiger charge is -1.93. The topological polar surface area (TPSA) is 52.3 Å². The molecule has 1 unspecified atom stereocenters. The Morgan fingerprint density at radius 2 is 2.62 bits per heavy atom. The maximum absolute atomic E-state index is 9.85. The summed E-state index contributed by atoms with van der Waals surface area (Å²) in [6.45, 7) is 0.561. The summed E-state index contributed by atoms with van der Waals surface area (Å²) in [5.41, 5.74) is 5.36. The van der Waals surface area contributed by atoms with Crippen LogP contribution in [0.25, 0.3) is 0 Å². The van der Waals surface area contributed by atoms with Gasteiger partial charge >= 0.3 is 0 Å². The Hall–Kier alpha value is -0.790. The maximum atomic E-state index is 9.85. The molecule has 1 atom stereocenters. The van der Waals surface area contributed by atoms with Gasteiger partial charge in [-0.1, -0.05) is 0 Å². The van der Waals surface area contributed by atoms with E-state index in [1.54, 1.807) is 5.94 Å². The SMILES string of the molecule is NC1CCOC1=C=O. The lowest BCUT2D eigenvalue weighted by Crippen LogP contribution is -2.17. The van der Waals surface area contributed by atoms with Crippen molar-refractivity contribution in [2.24, 2.45) is 5.73 Å². The fourth-order valence-electron chi connectivity index (χ4n) is 0.639. The summed E-state index contributed by atoms with van der Waals surface area (Å²) < 4.78 is 4.78. The third-order valence-corrected chi connectivity index (χ3v) is 1.12. The van der Waals surface area contributed by atoms with E-state index >= 15 is 0 Å². The van der Waals surface area contributed by atoms with Gasteiger partial charge in [-0.25, -0.2) is 4.79 Å². The Kier molecular flexibility index (Phi) is 1.33. The minimum absolute atomic E-state index is 0.201. The van der Waals surface area contributed by atoms with Crippen LogP contribution >= 0.6 is 0 Å². The van der Waals surface area contributed by atoms with Gasteiger partial charge in [-0.3, -0.25) is 0 Å². The third-order valence-electron chi connectivity index (χ3n) is 1.12. The number of hydrogen-bond donors (Lipinski definition) is 1. The molecule has 0 amide bonds. The molecule has 3 heteroatoms. The van der Waals surface area contributed by atoms with Gasteiger partial charge in [0, 0.05) is 6.42 Å². The summed E-state index contributed by atoms with van der Waals surface area (Å²) in [6, 6.07) is -0.201. The minimum Gasteiger partial charge on any atom is -0.485 e. The predicted molar refractivity (Wildman–Crippen MR) is 27.8 cm³/mol. The molecule has 0 aromatic heterocycles. The summed E-state index contributed by atoms with van der Waals surface area (Å²) >= 11 is 0. The normalized spacial score (nSPS) is 27.1. The van der Waals surface area contributed by atoms with E-state index in [1.807, 2.05) is 0 Å². The fourth-order valence-corrected chi connectivity index (χ4v) is 0.639. The molecular formula is C5H7NO2. The Bertz CT molecular complexity index is 137. The summed E-state index contributed by atoms with van der Waals surface area (Å²) in [6.07, 6.45) is 0.741. The molecule has 1 fully saturated rings. The molecule has 44 valence electrons. The molecule has 0 spiro atoms. The van der Waals surface area contributed by atoms with Crippen LogP contribution in [0.1, 0.15) is 6.42 Å². The second-order valence-corrected chi connectivity index (χ2v) is 1.71. The number of rotatable bonds is 0. The minimum atomic E-state index is -0.201. The number of nitrogens with two attached hydrogens (primary N) is 1. The van der Waals surface area contributed by atoms with E-state index in [2.05, 4.69) is 0 Å². The fraction of sp³-hybridized carbons (Fsp3) is 0.600. The Morgan fingerprint density at radius 1 is 1.88 bits per heavy atom. The summed E-state index contributed by atoms with van der Waals surface area (Å²) in [4.78, 5) is 9.85. The van der Waals surface area contributed by atoms with E-state index < -0.39 is 0 Å². The van der Waals surface area contributed by atoms with Gasteiger partial charge in [0.25, 0.3) is 0 Å². The largest absolute Gasteiger partial charge is 0.485 e. The highest BCUT2D eigenvalue weighted by Crippen LogP contribution is 2.10. The molecule has 3 nitrogen and oxygen atoms in total. The van der Waals surface area contributed by atoms with Crippen molar-refractivity contribution in [2.75, 3.05) is 6.61 Å². The van der Waals surface area contributed by atoms with Crippen molar-refractivity contribution in [1.82, 2.24) is 0 Å². The van der Waals surface area contributed by atoms with Crippen molar-refractivity contribution in [2.45, 2.75) is 12.5 Å². The van der Waals surface area contributed by atoms with Gasteiger partial charge in [0.05, 0.1) is 12.6 Å². The first kappa shape index (κ1) is 5.35. The van der Waals surface area contributed by atoms with Crippen LogP contribution in [0.2, 0.25) is 0 Å². The van der Waals surface area contributed by atoms with Crippen LogP contribution in [-0.2, 0) is 9.53 Å². The molecule has 0 saturated carbocycles. The van der Waals surface area contributed by atoms with E-state index in [0.717, 1.165) is 6.42 Å². The highest BCUT2D eigenvalue weighted by atomic mass is 16.5. The first-order chi connectivity index (χ1) is 3.84. The molecule has 0 aromatic carbocycles. The lowest BCUT2D eigenvalue weighted by molar-refractivity contribution is 0.264. The van der Waals surface area contributed by atoms with Gasteiger partial charge in [0.15, 0.2) is 11.7 Å². The van der Waals surface area contributed by atoms with Gasteiger partial charge < -0.3 is 10.5 Å². The Labute approximate surface area is 47.1 Å². The van der Waals surface area contributed by atoms with E-state index in [9.17, 15) is 4.79 Å². The van der Waals surface area contributed by atoms with Crippen LogP contribution in [-0.4, -0.2) is 18.6 Å². The van der Waals surface area contributed by atoms with E-state index in [0.29, 0.717) is 6.61 Å². The average Bonchev–Trinajstić information content (AvgIpc) is 2.14. The Morgan fingerprint density at radius 3 is 2.88 bits per heavy atom. The van der Waals surface area contributed by atoms with Crippen LogP contribution in [0.4, 0.5) is 0 Å². The van der Waals surface area contributed by atoms with Crippen molar-refractivity contribution in [3.63, 3.8) is 0 Å². The standard InChI is InChI=1S/C5H7NO2/c6-4-1-2-8-5(4)3-7/h4H,1-2,6H2. The number of hydrogen-bond acceptors (Lipinski definition) is 3. The van der Waals surface area contributed by atoms with Crippen molar-refractivity contribution >= 4 is 5.94 Å². The van der Waals surface area contributed by atoms with Gasteiger partial charge in [-0.05, 0) is 0 Å². The zero-order valence-corrected chi connectivity index (χ0v) is 4.39. The van der Waals surface area contributed by atoms with Crippen LogP contribution in [0.15, 0.2) is 5.76 Å². The molecule has 1 aliphatic heterocycles. The van der Waals surface area contributed by atoms with Gasteiger partial charge in [-0.15, -0.1) is 0 Å². The molecular weight excluding hydrogens is 106 g/mol. The zero-order chi connectivity index (χ0) is 5.98. The molecule has 1 saturated heterocycles. The van der Waals surface area contributed by atoms with Crippen molar-refractivity contribution in [3.8, 4) is 0 Å². The molecule has 2 N–H and O–H groups in total. The van der Waals surface area contributed by atoms with E-state index in [-0.39, 0.29) is 11.8 Å². The third kappa shape index (κ3) is 0.735. The Balaban J connectivity index is 2.68. The second-order valence-electron chi connectivity index (χ2n) is 1.71. The lowest BCUT2D eigenvalue weighted by atomic mass is 10.2. The van der Waals surface area contributed by atoms with Crippen molar-refractivity contribution < 1.29 is 9.53 Å². The van der Waals surface area contributed by atoms with Gasteiger partial charge in [-0.2, -0.15) is 0 Å². The monoisotopic (exact) mass is 113 g/mol. The van der Waals surface area contributed by atoms with Gasteiger partial charge in [0.1, 0.15) is 0 Å². The van der Waals surface area contributed by atoms with Crippen LogP contribution in [0, 0.1) is 0 Å². The summed E-state index contributed by atoms with van der Waals surface area (Å²) in [5, 5.41) is 0. The zero-order valence-electron chi connectivity index (χ0n) is 4.39. The van der Waals surface area contributed by atoms with E-state index in [4.69, 9.17) is 10.5 Å². The average molecular weight is 113 g/mol. The highest BCUT2D eigenvalue weighted by Gasteiger charge is 2.18. The quantitative estimate of drug-likeness (QED) is 0.429. The number of carbonyl (C=O) groups excluding carboxylic acids is 1. The molecule has 0 radical (unpaired) electrons. The second kappa shape index (κ2) is 1.99. The van der Waals surface area contributed by atoms with Crippen LogP contribution < -0.4 is 5.73 Å². The number of ether oxygens (including phenoxy) is 1. The molecule has 0 bridgehead atoms. The molecule has 0 aromatic rings. The highest BCUT2D eigenvalue weighted by molar-refractivity contribution is 5.52. The maximum Gasteiger partial charge on any atom is 0.196 e. The summed E-state index contributed by atoms with van der Waals surface area (Å²) in [7, 11) is 0. The smallest absolute Gasteiger partial charge is 0.196 e. The first-order valence-electron chi connectivity index (χ1n) is 2.48. The molecule has 1 rings (SSSR count). The van der Waals surface area contributed by atoms with Gasteiger partial charge in [0.2, 0.25) is 0 Å². The van der Waals surface area contributed by atoms with E-state index in [1.165, 1.54) is 0 Å². The molecule has 0 aliphatic carbocycles. The van der Waals surface area contributed by atoms with Crippen molar-refractivity contribution in [1.29, 1.82) is 0 Å². The molecule has 1 aliphatic rings. The van der Waals surface area contributed by atoms with Crippen LogP contribution in [0.5, 0.6) is 0 Å². The molecule has 8 heavy (non-hydrogen) atoms. The van der Waals surface area contributed by atoms with Crippen LogP contribution in [0.3, 0.4) is 0 Å². The molecule has 1 heterocycles. The first-order valence-corrected chi connectivity index (χ1v) is 2.48. The van der Waals surface area contributed by atoms with Crippen molar-refractivity contribution in [3.05, 3.63) is 5.76 Å². The summed E-state index contributed by atoms with van der Waals surface area (Å²) in [5.74, 6) is 1.90. The predicted octanol–water partition coefficient (Wildman–Crippen LogP) is -0.551.